The number of hydrogen-bond donors (Lipinski definition) is 3. The fourth-order valence-corrected chi connectivity index (χ4v) is 14.1. The molecular weight excluding hydrogens is 1380 g/mol. The third kappa shape index (κ3) is 18.1. The van der Waals surface area contributed by atoms with Crippen LogP contribution in [-0.2, 0) is 42.5 Å². The number of aromatic nitrogens is 6. The molecule has 0 spiro atoms. The predicted octanol–water partition coefficient (Wildman–Crippen LogP) is 14.0. The van der Waals surface area contributed by atoms with Crippen molar-refractivity contribution < 1.29 is 69.9 Å². The number of carbonyl (C=O) groups excluding carboxylic acids is 2. The maximum atomic E-state index is 16.0. The summed E-state index contributed by atoms with van der Waals surface area (Å²) < 4.78 is 95.3. The number of amides is 2. The molecule has 2 amide bonds. The zero-order chi connectivity index (χ0) is 71.1. The molecule has 2 unspecified atom stereocenters. The van der Waals surface area contributed by atoms with Crippen molar-refractivity contribution >= 4 is 73.5 Å². The number of methoxy groups -OCH3 is 2. The minimum atomic E-state index is -5.08. The Morgan fingerprint density at radius 1 is 0.594 bits per heavy atom. The van der Waals surface area contributed by atoms with Gasteiger partial charge in [0.2, 0.25) is 0 Å². The van der Waals surface area contributed by atoms with Crippen LogP contribution in [0.2, 0.25) is 10.0 Å². The van der Waals surface area contributed by atoms with Gasteiger partial charge >= 0.3 is 21.3 Å². The average molecular weight is 1450 g/mol. The van der Waals surface area contributed by atoms with Crippen LogP contribution in [0.3, 0.4) is 0 Å². The Bertz CT molecular complexity index is 4500. The molecule has 0 bridgehead atoms. The van der Waals surface area contributed by atoms with Gasteiger partial charge in [-0.05, 0) is 139 Å². The van der Waals surface area contributed by atoms with Gasteiger partial charge in [-0.3, -0.25) is 37.2 Å². The Morgan fingerprint density at radius 3 is 1.60 bits per heavy atom. The summed E-state index contributed by atoms with van der Waals surface area (Å²) >= 11 is 12.4. The van der Waals surface area contributed by atoms with E-state index in [9.17, 15) is 23.8 Å². The SMILES string of the molecule is CCN(CC)CC.COc1ccc(C(OC[C@H]2O[C@@H](n3cnc4c(NC(=O)c5ccccc5)ncnc43)C[C@@H]2OP(=O)(OC[C@H]2O[C@@H](n3ccc(NC(=O)c4ccccc4)nc3=O)C[C@@H]2OP(=O)(O)Oc2ccc(Cl)cc2)Oc2ccc(Cl)cc2)(c2ccccc2)c2ccc(OC)cc2)cc1. The molecule has 0 saturated carbocycles. The molecule has 3 N–H and O–H groups in total. The van der Waals surface area contributed by atoms with Crippen LogP contribution in [0.25, 0.3) is 11.2 Å². The highest BCUT2D eigenvalue weighted by Crippen LogP contribution is 2.56. The molecule has 2 aliphatic rings. The number of imidazole rings is 1. The van der Waals surface area contributed by atoms with Crippen molar-refractivity contribution in [3.8, 4) is 23.0 Å². The van der Waals surface area contributed by atoms with E-state index in [2.05, 4.69) is 56.2 Å². The highest BCUT2D eigenvalue weighted by Gasteiger charge is 2.49. The molecule has 5 heterocycles. The lowest BCUT2D eigenvalue weighted by Crippen LogP contribution is -2.38. The highest BCUT2D eigenvalue weighted by molar-refractivity contribution is 7.49. The maximum absolute atomic E-state index is 16.0. The van der Waals surface area contributed by atoms with E-state index in [4.69, 9.17) is 69.5 Å². The van der Waals surface area contributed by atoms with Crippen LogP contribution in [0.15, 0.2) is 218 Å². The number of benzene rings is 7. The molecule has 3 aromatic heterocycles. The van der Waals surface area contributed by atoms with Crippen molar-refractivity contribution in [1.82, 2.24) is 34.0 Å². The van der Waals surface area contributed by atoms with Gasteiger partial charge in [0, 0.05) is 40.2 Å². The monoisotopic (exact) mass is 1450 g/mol. The van der Waals surface area contributed by atoms with Crippen LogP contribution in [0.5, 0.6) is 23.0 Å². The molecule has 2 saturated heterocycles. The van der Waals surface area contributed by atoms with Crippen molar-refractivity contribution in [3.05, 3.63) is 261 Å². The van der Waals surface area contributed by atoms with Crippen molar-refractivity contribution in [3.63, 3.8) is 0 Å². The smallest absolute Gasteiger partial charge is 0.497 e. The first-order valence-corrected chi connectivity index (χ1v) is 36.0. The lowest BCUT2D eigenvalue weighted by atomic mass is 9.80. The number of ether oxygens (including phenoxy) is 5. The molecular formula is C72H73Cl2N9O16P2. The first kappa shape index (κ1) is 73.1. The Balaban J connectivity index is 0.00000139. The van der Waals surface area contributed by atoms with E-state index in [0.29, 0.717) is 49.4 Å². The Kier molecular flexibility index (Phi) is 24.3. The fraction of sp³-hybridized carbons (Fsp3) is 0.264. The van der Waals surface area contributed by atoms with Crippen LogP contribution >= 0.6 is 38.8 Å². The predicted molar refractivity (Wildman–Crippen MR) is 379 cm³/mol. The van der Waals surface area contributed by atoms with Crippen LogP contribution in [0.1, 0.15) is 83.5 Å². The number of carbonyl (C=O) groups is 2. The largest absolute Gasteiger partial charge is 0.530 e. The van der Waals surface area contributed by atoms with E-state index < -0.39 is 82.2 Å². The minimum absolute atomic E-state index is 0.0215. The topological polar surface area (TPSA) is 287 Å². The molecule has 29 heteroatoms. The molecule has 101 heavy (non-hydrogen) atoms. The van der Waals surface area contributed by atoms with Gasteiger partial charge < -0.3 is 48.3 Å². The van der Waals surface area contributed by atoms with Gasteiger partial charge in [-0.1, -0.05) is 135 Å². The Labute approximate surface area is 592 Å². The van der Waals surface area contributed by atoms with E-state index in [1.54, 1.807) is 79.5 Å². The lowest BCUT2D eigenvalue weighted by molar-refractivity contribution is -0.0936. The first-order chi connectivity index (χ1) is 48.9. The highest BCUT2D eigenvalue weighted by atomic mass is 35.5. The van der Waals surface area contributed by atoms with Crippen LogP contribution < -0.4 is 34.8 Å². The van der Waals surface area contributed by atoms with Crippen molar-refractivity contribution in [1.29, 1.82) is 0 Å². The molecule has 12 rings (SSSR count). The third-order valence-corrected chi connectivity index (χ3v) is 19.6. The molecule has 0 aliphatic carbocycles. The second-order valence-corrected chi connectivity index (χ2v) is 26.7. The van der Waals surface area contributed by atoms with E-state index in [1.165, 1.54) is 93.1 Å². The summed E-state index contributed by atoms with van der Waals surface area (Å²) in [5.74, 6) is 0.160. The number of halogens is 2. The van der Waals surface area contributed by atoms with Gasteiger partial charge in [0.25, 0.3) is 11.8 Å². The van der Waals surface area contributed by atoms with Crippen LogP contribution in [0.4, 0.5) is 11.6 Å². The lowest BCUT2D eigenvalue weighted by Gasteiger charge is -2.37. The third-order valence-electron chi connectivity index (χ3n) is 16.7. The summed E-state index contributed by atoms with van der Waals surface area (Å²) in [7, 11) is -7.02. The molecule has 0 radical (unpaired) electrons. The maximum Gasteiger partial charge on any atom is 0.530 e. The second kappa shape index (κ2) is 33.5. The van der Waals surface area contributed by atoms with Gasteiger partial charge in [0.15, 0.2) is 17.0 Å². The molecule has 2 fully saturated rings. The zero-order valence-corrected chi connectivity index (χ0v) is 58.8. The number of phosphoric acid groups is 2. The Morgan fingerprint density at radius 2 is 1.08 bits per heavy atom. The van der Waals surface area contributed by atoms with E-state index in [1.807, 2.05) is 78.9 Å². The van der Waals surface area contributed by atoms with Gasteiger partial charge in [0.05, 0.1) is 33.8 Å². The van der Waals surface area contributed by atoms with E-state index in [-0.39, 0.29) is 53.7 Å². The van der Waals surface area contributed by atoms with Gasteiger partial charge in [-0.25, -0.2) is 28.9 Å². The zero-order valence-electron chi connectivity index (χ0n) is 55.5. The van der Waals surface area contributed by atoms with E-state index >= 15 is 4.57 Å². The standard InChI is InChI=1S/C66H58Cl2N8O16P2.C6H15N/c1-83-49-26-18-45(19-27-49)66(44-16-10-5-11-17-44,46-20-28-50(84-2)29-21-46)85-38-55-54(37-59(87-55)76-41-71-60-61(69-40-70-62(60)76)74-64(78)43-14-8-4-9-15-43)92-94(82,90-52-32-24-48(68)25-33-52)86-39-56-53(91-93(80,81)89-51-30-22-47(67)23-31-51)36-58(88-56)75-35-34-57(73-65(75)79)72-63(77)42-12-6-3-7-13-42;1-4-7(5-2)6-3/h3-35,40-41,53-56,58-59H,36-39H2,1-2H3,(H,80,81)(H,69,70,74,78)(H,72,73,77,79);4-6H2,1-3H3/t53-,54-,55+,56+,58+,59+,94?;/m0./s1. The average Bonchev–Trinajstić information content (AvgIpc) is 1.48. The number of rotatable bonds is 28. The molecule has 25 nitrogen and oxygen atoms in total. The molecule has 8 atom stereocenters. The number of anilines is 2. The second-order valence-electron chi connectivity index (χ2n) is 22.9. The quantitative estimate of drug-likeness (QED) is 0.0303. The number of hydrogen-bond acceptors (Lipinski definition) is 20. The van der Waals surface area contributed by atoms with Crippen LogP contribution in [0, 0.1) is 0 Å². The van der Waals surface area contributed by atoms with Gasteiger partial charge in [-0.2, -0.15) is 4.98 Å². The number of nitrogens with one attached hydrogen (secondary N) is 2. The summed E-state index contributed by atoms with van der Waals surface area (Å²) in [6.07, 6.45) is -4.03. The summed E-state index contributed by atoms with van der Waals surface area (Å²) in [5, 5.41) is 6.08. The number of nitrogens with zero attached hydrogens (tertiary/aromatic N) is 7. The molecule has 10 aromatic rings. The molecule has 526 valence electrons. The summed E-state index contributed by atoms with van der Waals surface area (Å²) in [6.45, 7) is 9.07. The normalized spacial score (nSPS) is 18.5. The summed E-state index contributed by atoms with van der Waals surface area (Å²) in [4.78, 5) is 71.7. The number of fused-ring (bicyclic) bond motifs is 1. The number of phosphoric ester groups is 2. The summed E-state index contributed by atoms with van der Waals surface area (Å²) in [5.41, 5.74) is 0.941. The van der Waals surface area contributed by atoms with Crippen molar-refractivity contribution in [2.45, 2.75) is 76.1 Å². The van der Waals surface area contributed by atoms with Gasteiger partial charge in [0.1, 0.15) is 77.6 Å². The molecule has 2 aliphatic heterocycles. The van der Waals surface area contributed by atoms with E-state index in [0.717, 1.165) is 4.57 Å². The van der Waals surface area contributed by atoms with Gasteiger partial charge in [-0.15, -0.1) is 0 Å². The van der Waals surface area contributed by atoms with Crippen molar-refractivity contribution in [2.24, 2.45) is 0 Å². The van der Waals surface area contributed by atoms with Crippen LogP contribution in [-0.4, -0.2) is 122 Å². The summed E-state index contributed by atoms with van der Waals surface area (Å²) in [6, 6.07) is 54.0. The van der Waals surface area contributed by atoms with Crippen molar-refractivity contribution in [2.75, 3.05) is 57.7 Å². The molecule has 7 aromatic carbocycles. The minimum Gasteiger partial charge on any atom is -0.497 e. The first-order valence-electron chi connectivity index (χ1n) is 32.2. The fourth-order valence-electron chi connectivity index (χ4n) is 11.5. The Hall–Kier alpha value is -9.17.